The van der Waals surface area contributed by atoms with Crippen molar-refractivity contribution in [2.45, 2.75) is 40.2 Å². The smallest absolute Gasteiger partial charge is 0.311 e. The minimum Gasteiger partial charge on any atom is -0.450 e. The number of aromatic nitrogens is 3. The first kappa shape index (κ1) is 20.6. The van der Waals surface area contributed by atoms with Crippen LogP contribution in [0.1, 0.15) is 33.0 Å². The van der Waals surface area contributed by atoms with Crippen molar-refractivity contribution in [3.63, 3.8) is 0 Å². The van der Waals surface area contributed by atoms with Gasteiger partial charge in [-0.2, -0.15) is 0 Å². The average molecular weight is 419 g/mol. The van der Waals surface area contributed by atoms with Crippen LogP contribution in [-0.2, 0) is 13.0 Å². The number of rotatable bonds is 7. The number of imidazole rings is 1. The summed E-state index contributed by atoms with van der Waals surface area (Å²) in [6.07, 6.45) is 1.85. The molecule has 2 aromatic carbocycles. The van der Waals surface area contributed by atoms with Gasteiger partial charge in [-0.25, -0.2) is 9.97 Å². The Balaban J connectivity index is 1.86. The van der Waals surface area contributed by atoms with E-state index in [1.54, 1.807) is 30.3 Å². The van der Waals surface area contributed by atoms with E-state index in [0.29, 0.717) is 28.5 Å². The molecule has 0 aliphatic carbocycles. The largest absolute Gasteiger partial charge is 0.450 e. The highest BCUT2D eigenvalue weighted by Gasteiger charge is 2.19. The molecule has 8 nitrogen and oxygen atoms in total. The monoisotopic (exact) mass is 419 g/mol. The first-order valence-corrected chi connectivity index (χ1v) is 10.4. The van der Waals surface area contributed by atoms with Crippen LogP contribution in [0.5, 0.6) is 11.5 Å². The van der Waals surface area contributed by atoms with Gasteiger partial charge in [-0.1, -0.05) is 32.9 Å². The quantitative estimate of drug-likeness (QED) is 0.314. The summed E-state index contributed by atoms with van der Waals surface area (Å²) in [5.74, 6) is 2.45. The van der Waals surface area contributed by atoms with E-state index >= 15 is 0 Å². The standard InChI is InChI=1S/C23H25N5O3/c1-4-7-20-26-21-22(27(20)13-14(2)3)16-11-10-15(12-17(16)25-23(21)24)31-19-9-6-5-8-18(19)28(29)30/h5-6,8-12,14H,4,7,13H2,1-3H3,(H2,24,25). The Bertz CT molecular complexity index is 1280. The van der Waals surface area contributed by atoms with E-state index in [9.17, 15) is 10.1 Å². The topological polar surface area (TPSA) is 109 Å². The Morgan fingerprint density at radius 3 is 2.68 bits per heavy atom. The first-order valence-electron chi connectivity index (χ1n) is 10.4. The second-order valence-corrected chi connectivity index (χ2v) is 7.98. The maximum Gasteiger partial charge on any atom is 0.311 e. The summed E-state index contributed by atoms with van der Waals surface area (Å²) in [6.45, 7) is 7.31. The summed E-state index contributed by atoms with van der Waals surface area (Å²) < 4.78 is 8.07. The minimum absolute atomic E-state index is 0.0928. The lowest BCUT2D eigenvalue weighted by atomic mass is 10.1. The normalized spacial score (nSPS) is 11.5. The van der Waals surface area contributed by atoms with Crippen LogP contribution >= 0.6 is 0 Å². The van der Waals surface area contributed by atoms with Crippen LogP contribution in [-0.4, -0.2) is 19.5 Å². The Hall–Kier alpha value is -3.68. The zero-order chi connectivity index (χ0) is 22.1. The van der Waals surface area contributed by atoms with Crippen LogP contribution in [0.2, 0.25) is 0 Å². The third kappa shape index (κ3) is 3.88. The molecular formula is C23H25N5O3. The number of hydrogen-bond acceptors (Lipinski definition) is 6. The summed E-state index contributed by atoms with van der Waals surface area (Å²) in [6, 6.07) is 11.8. The Morgan fingerprint density at radius 2 is 1.97 bits per heavy atom. The number of anilines is 1. The van der Waals surface area contributed by atoms with Crippen LogP contribution in [0.4, 0.5) is 11.5 Å². The van der Waals surface area contributed by atoms with Crippen LogP contribution in [0.15, 0.2) is 42.5 Å². The number of nitrogens with zero attached hydrogens (tertiary/aromatic N) is 4. The molecule has 2 heterocycles. The van der Waals surface area contributed by atoms with Crippen LogP contribution < -0.4 is 10.5 Å². The van der Waals surface area contributed by atoms with E-state index < -0.39 is 4.92 Å². The summed E-state index contributed by atoms with van der Waals surface area (Å²) in [4.78, 5) is 20.2. The number of hydrogen-bond donors (Lipinski definition) is 1. The van der Waals surface area contributed by atoms with E-state index in [4.69, 9.17) is 15.5 Å². The van der Waals surface area contributed by atoms with E-state index in [0.717, 1.165) is 36.1 Å². The molecule has 0 spiro atoms. The van der Waals surface area contributed by atoms with Gasteiger partial charge in [0.05, 0.1) is 16.0 Å². The molecule has 0 saturated heterocycles. The maximum absolute atomic E-state index is 11.3. The second-order valence-electron chi connectivity index (χ2n) is 7.98. The van der Waals surface area contributed by atoms with Gasteiger partial charge in [0.1, 0.15) is 17.1 Å². The van der Waals surface area contributed by atoms with Crippen molar-refractivity contribution in [2.75, 3.05) is 5.73 Å². The predicted molar refractivity (Wildman–Crippen MR) is 121 cm³/mol. The molecule has 0 aliphatic heterocycles. The number of nitro groups is 1. The fourth-order valence-corrected chi connectivity index (χ4v) is 3.80. The van der Waals surface area contributed by atoms with Crippen molar-refractivity contribution in [3.05, 3.63) is 58.4 Å². The predicted octanol–water partition coefficient (Wildman–Crippen LogP) is 5.48. The molecule has 2 aromatic heterocycles. The number of nitro benzene ring substituents is 1. The molecule has 0 amide bonds. The lowest BCUT2D eigenvalue weighted by Gasteiger charge is -2.13. The Labute approximate surface area is 179 Å². The summed E-state index contributed by atoms with van der Waals surface area (Å²) in [5.41, 5.74) is 8.53. The minimum atomic E-state index is -0.462. The van der Waals surface area contributed by atoms with E-state index in [2.05, 4.69) is 30.3 Å². The van der Waals surface area contributed by atoms with Crippen LogP contribution in [0, 0.1) is 16.0 Å². The third-order valence-corrected chi connectivity index (χ3v) is 5.07. The second kappa shape index (κ2) is 8.22. The van der Waals surface area contributed by atoms with Gasteiger partial charge in [-0.3, -0.25) is 10.1 Å². The maximum atomic E-state index is 11.3. The van der Waals surface area contributed by atoms with E-state index in [1.807, 2.05) is 6.07 Å². The number of benzene rings is 2. The number of pyridine rings is 1. The van der Waals surface area contributed by atoms with Gasteiger partial charge in [0.2, 0.25) is 5.75 Å². The van der Waals surface area contributed by atoms with Crippen molar-refractivity contribution in [1.29, 1.82) is 0 Å². The van der Waals surface area contributed by atoms with E-state index in [1.165, 1.54) is 6.07 Å². The van der Waals surface area contributed by atoms with Gasteiger partial charge >= 0.3 is 5.69 Å². The summed E-state index contributed by atoms with van der Waals surface area (Å²) in [7, 11) is 0. The Kier molecular flexibility index (Phi) is 5.46. The van der Waals surface area contributed by atoms with Crippen molar-refractivity contribution in [3.8, 4) is 11.5 Å². The molecule has 0 atom stereocenters. The van der Waals surface area contributed by atoms with Gasteiger partial charge in [0.25, 0.3) is 0 Å². The molecule has 0 unspecified atom stereocenters. The number of fused-ring (bicyclic) bond motifs is 3. The first-order chi connectivity index (χ1) is 14.9. The molecule has 0 radical (unpaired) electrons. The van der Waals surface area contributed by atoms with Crippen LogP contribution in [0.3, 0.4) is 0 Å². The molecule has 8 heteroatoms. The third-order valence-electron chi connectivity index (χ3n) is 5.07. The van der Waals surface area contributed by atoms with Crippen molar-refractivity contribution < 1.29 is 9.66 Å². The number of nitrogen functional groups attached to an aromatic ring is 1. The lowest BCUT2D eigenvalue weighted by Crippen LogP contribution is -2.09. The van der Waals surface area contributed by atoms with Crippen molar-refractivity contribution in [2.24, 2.45) is 5.92 Å². The summed E-state index contributed by atoms with van der Waals surface area (Å²) >= 11 is 0. The van der Waals surface area contributed by atoms with Gasteiger partial charge in [0.15, 0.2) is 5.82 Å². The van der Waals surface area contributed by atoms with Gasteiger partial charge in [0, 0.05) is 30.5 Å². The van der Waals surface area contributed by atoms with Crippen molar-refractivity contribution >= 4 is 33.4 Å². The molecule has 0 saturated carbocycles. The fourth-order valence-electron chi connectivity index (χ4n) is 3.80. The highest BCUT2D eigenvalue weighted by Crippen LogP contribution is 2.35. The molecule has 31 heavy (non-hydrogen) atoms. The van der Waals surface area contributed by atoms with Gasteiger partial charge in [-0.15, -0.1) is 0 Å². The highest BCUT2D eigenvalue weighted by atomic mass is 16.6. The molecule has 4 rings (SSSR count). The molecular weight excluding hydrogens is 394 g/mol. The van der Waals surface area contributed by atoms with Crippen molar-refractivity contribution in [1.82, 2.24) is 14.5 Å². The summed E-state index contributed by atoms with van der Waals surface area (Å²) in [5, 5.41) is 12.2. The average Bonchev–Trinajstić information content (AvgIpc) is 3.07. The zero-order valence-corrected chi connectivity index (χ0v) is 17.8. The zero-order valence-electron chi connectivity index (χ0n) is 17.8. The number of aryl methyl sites for hydroxylation is 1. The Morgan fingerprint density at radius 1 is 1.19 bits per heavy atom. The molecule has 4 aromatic rings. The number of para-hydroxylation sites is 2. The molecule has 2 N–H and O–H groups in total. The molecule has 0 fully saturated rings. The highest BCUT2D eigenvalue weighted by molar-refractivity contribution is 6.07. The van der Waals surface area contributed by atoms with Gasteiger partial charge in [-0.05, 0) is 30.5 Å². The van der Waals surface area contributed by atoms with Gasteiger partial charge < -0.3 is 15.0 Å². The number of ether oxygens (including phenoxy) is 1. The fraction of sp³-hybridized carbons (Fsp3) is 0.304. The molecule has 0 bridgehead atoms. The SMILES string of the molecule is CCCc1nc2c(N)nc3cc(Oc4ccccc4[N+](=O)[O-])ccc3c2n1CC(C)C. The lowest BCUT2D eigenvalue weighted by molar-refractivity contribution is -0.385. The molecule has 0 aliphatic rings. The van der Waals surface area contributed by atoms with Crippen LogP contribution in [0.25, 0.3) is 21.9 Å². The van der Waals surface area contributed by atoms with E-state index in [-0.39, 0.29) is 11.4 Å². The number of nitrogens with two attached hydrogens (primary N) is 1. The molecule has 160 valence electrons.